The van der Waals surface area contributed by atoms with Gasteiger partial charge in [0, 0.05) is 30.4 Å². The Labute approximate surface area is 171 Å². The number of nitriles is 1. The lowest BCUT2D eigenvalue weighted by molar-refractivity contribution is 0.347. The Balaban J connectivity index is 1.58. The van der Waals surface area contributed by atoms with Crippen LogP contribution in [0.4, 0.5) is 5.82 Å². The molecule has 0 radical (unpaired) electrons. The number of pyridine rings is 1. The van der Waals surface area contributed by atoms with E-state index in [1.54, 1.807) is 12.4 Å². The molecule has 8 nitrogen and oxygen atoms in total. The van der Waals surface area contributed by atoms with E-state index in [4.69, 9.17) is 5.26 Å². The molecule has 2 saturated carbocycles. The summed E-state index contributed by atoms with van der Waals surface area (Å²) in [6.45, 7) is 4.06. The number of H-pyrrole nitrogens is 1. The Morgan fingerprint density at radius 3 is 2.69 bits per heavy atom. The zero-order valence-electron chi connectivity index (χ0n) is 17.3. The molecular formula is C21H28N8. The van der Waals surface area contributed by atoms with Crippen LogP contribution in [0.25, 0.3) is 5.70 Å². The third kappa shape index (κ3) is 3.20. The number of anilines is 1. The van der Waals surface area contributed by atoms with Gasteiger partial charge in [0.05, 0.1) is 11.3 Å². The lowest BCUT2D eigenvalue weighted by atomic mass is 9.83. The minimum absolute atomic E-state index is 0.0500. The summed E-state index contributed by atoms with van der Waals surface area (Å²) in [7, 11) is 1.90. The molecule has 0 amide bonds. The number of allylic oxidation sites excluding steroid dienone is 1. The first-order valence-electron chi connectivity index (χ1n) is 10.3. The van der Waals surface area contributed by atoms with Gasteiger partial charge in [-0.15, -0.1) is 5.10 Å². The molecule has 29 heavy (non-hydrogen) atoms. The number of nitrogens with zero attached hydrogens (tertiary/aromatic N) is 5. The second kappa shape index (κ2) is 7.39. The van der Waals surface area contributed by atoms with Crippen LogP contribution < -0.4 is 10.6 Å². The standard InChI is InChI=1S/C21H28N8/c1-4-16(18(23-3)24-5-2)29-19(27-28-29)20-8-10-21(14-20,11-9-20)26-17-7-6-15(12-22)13-25-17/h5-7,13,23,28H,4,8-11,14H2,1-3H3,(H,25,26)/b18-16-,24-5-/t20-,21+. The molecule has 2 aliphatic rings. The van der Waals surface area contributed by atoms with Crippen LogP contribution in [0.3, 0.4) is 0 Å². The smallest absolute Gasteiger partial charge is 0.157 e. The Kier molecular flexibility index (Phi) is 4.91. The van der Waals surface area contributed by atoms with Crippen LogP contribution in [0, 0.1) is 11.3 Å². The summed E-state index contributed by atoms with van der Waals surface area (Å²) >= 11 is 0. The van der Waals surface area contributed by atoms with Crippen molar-refractivity contribution in [3.05, 3.63) is 35.5 Å². The highest BCUT2D eigenvalue weighted by Gasteiger charge is 2.57. The van der Waals surface area contributed by atoms with Crippen LogP contribution in [0.2, 0.25) is 0 Å². The average molecular weight is 393 g/mol. The predicted octanol–water partition coefficient (Wildman–Crippen LogP) is 3.39. The third-order valence-electron chi connectivity index (χ3n) is 6.44. The third-order valence-corrected chi connectivity index (χ3v) is 6.44. The summed E-state index contributed by atoms with van der Waals surface area (Å²) in [4.78, 5) is 8.90. The van der Waals surface area contributed by atoms with Gasteiger partial charge in [0.2, 0.25) is 0 Å². The number of aromatic amines is 1. The van der Waals surface area contributed by atoms with Gasteiger partial charge in [0.1, 0.15) is 17.7 Å². The number of aliphatic imine (C=N–C) groups is 1. The molecule has 2 aliphatic carbocycles. The fourth-order valence-corrected chi connectivity index (χ4v) is 5.02. The molecule has 0 aliphatic heterocycles. The fraction of sp³-hybridized carbons (Fsp3) is 0.524. The van der Waals surface area contributed by atoms with E-state index in [0.717, 1.165) is 61.7 Å². The van der Waals surface area contributed by atoms with Gasteiger partial charge in [0.25, 0.3) is 0 Å². The molecular weight excluding hydrogens is 364 g/mol. The van der Waals surface area contributed by atoms with Crippen molar-refractivity contribution in [2.24, 2.45) is 4.99 Å². The minimum atomic E-state index is 0.0500. The number of nitrogens with one attached hydrogen (secondary N) is 3. The van der Waals surface area contributed by atoms with E-state index < -0.39 is 0 Å². The Morgan fingerprint density at radius 1 is 1.38 bits per heavy atom. The van der Waals surface area contributed by atoms with E-state index in [0.29, 0.717) is 5.56 Å². The Morgan fingerprint density at radius 2 is 2.17 bits per heavy atom. The second-order valence-corrected chi connectivity index (χ2v) is 8.06. The summed E-state index contributed by atoms with van der Waals surface area (Å²) in [5, 5.41) is 23.6. The second-order valence-electron chi connectivity index (χ2n) is 8.06. The maximum Gasteiger partial charge on any atom is 0.157 e. The average Bonchev–Trinajstić information content (AvgIpc) is 3.25. The molecule has 4 rings (SSSR count). The molecule has 0 unspecified atom stereocenters. The summed E-state index contributed by atoms with van der Waals surface area (Å²) in [5.74, 6) is 2.84. The Hall–Kier alpha value is -3.08. The molecule has 2 aromatic rings. The molecule has 2 bridgehead atoms. The summed E-state index contributed by atoms with van der Waals surface area (Å²) in [6.07, 6.45) is 9.74. The van der Waals surface area contributed by atoms with E-state index in [1.165, 1.54) is 0 Å². The van der Waals surface area contributed by atoms with Gasteiger partial charge in [-0.1, -0.05) is 6.92 Å². The zero-order chi connectivity index (χ0) is 20.5. The van der Waals surface area contributed by atoms with Crippen molar-refractivity contribution in [2.75, 3.05) is 12.4 Å². The van der Waals surface area contributed by atoms with Crippen molar-refractivity contribution in [1.82, 2.24) is 25.3 Å². The number of fused-ring (bicyclic) bond motifs is 2. The first-order valence-corrected chi connectivity index (χ1v) is 10.3. The van der Waals surface area contributed by atoms with Crippen molar-refractivity contribution in [3.8, 4) is 6.07 Å². The van der Waals surface area contributed by atoms with Crippen LogP contribution in [0.1, 0.15) is 63.8 Å². The highest BCUT2D eigenvalue weighted by Crippen LogP contribution is 2.58. The molecule has 2 aromatic heterocycles. The summed E-state index contributed by atoms with van der Waals surface area (Å²) in [5.41, 5.74) is 1.82. The lowest BCUT2D eigenvalue weighted by Gasteiger charge is -2.31. The highest BCUT2D eigenvalue weighted by molar-refractivity contribution is 5.60. The first-order chi connectivity index (χ1) is 14.1. The van der Waals surface area contributed by atoms with E-state index in [9.17, 15) is 0 Å². The minimum Gasteiger partial charge on any atom is -0.372 e. The normalized spacial score (nSPS) is 26.6. The zero-order valence-corrected chi connectivity index (χ0v) is 17.3. The number of rotatable bonds is 7. The number of aromatic nitrogens is 4. The highest BCUT2D eigenvalue weighted by atomic mass is 15.5. The molecule has 8 heteroatoms. The van der Waals surface area contributed by atoms with Gasteiger partial charge in [-0.3, -0.25) is 0 Å². The molecule has 0 atom stereocenters. The van der Waals surface area contributed by atoms with Crippen LogP contribution in [-0.4, -0.2) is 38.8 Å². The maximum absolute atomic E-state index is 8.97. The molecule has 0 spiro atoms. The number of hydrogen-bond donors (Lipinski definition) is 3. The SMILES string of the molecule is C/C=N\C(NC)=C(\CC)n1[nH]nc1[C@]12CC[C@](Nc3ccc(C#N)cn3)(CC1)C2. The summed E-state index contributed by atoms with van der Waals surface area (Å²) in [6, 6.07) is 5.84. The molecule has 152 valence electrons. The molecule has 0 aromatic carbocycles. The van der Waals surface area contributed by atoms with Gasteiger partial charge in [-0.05, 0) is 57.6 Å². The summed E-state index contributed by atoms with van der Waals surface area (Å²) < 4.78 is 2.13. The van der Waals surface area contributed by atoms with Gasteiger partial charge in [-0.2, -0.15) is 5.26 Å². The van der Waals surface area contributed by atoms with Crippen molar-refractivity contribution in [2.45, 2.75) is 63.3 Å². The molecule has 2 heterocycles. The quantitative estimate of drug-likeness (QED) is 0.626. The van der Waals surface area contributed by atoms with Gasteiger partial charge in [0.15, 0.2) is 5.82 Å². The molecule has 0 saturated heterocycles. The number of hydrogen-bond acceptors (Lipinski definition) is 6. The van der Waals surface area contributed by atoms with Crippen molar-refractivity contribution >= 4 is 17.7 Å². The fourth-order valence-electron chi connectivity index (χ4n) is 5.02. The maximum atomic E-state index is 8.97. The van der Waals surface area contributed by atoms with Crippen LogP contribution in [0.5, 0.6) is 0 Å². The first kappa shape index (κ1) is 19.2. The Bertz CT molecular complexity index is 961. The van der Waals surface area contributed by atoms with E-state index in [-0.39, 0.29) is 11.0 Å². The van der Waals surface area contributed by atoms with Crippen LogP contribution in [0.15, 0.2) is 29.1 Å². The monoisotopic (exact) mass is 392 g/mol. The van der Waals surface area contributed by atoms with Gasteiger partial charge in [-0.25, -0.2) is 19.9 Å². The largest absolute Gasteiger partial charge is 0.372 e. The van der Waals surface area contributed by atoms with E-state index in [1.807, 2.05) is 26.1 Å². The van der Waals surface area contributed by atoms with Gasteiger partial charge < -0.3 is 10.6 Å². The lowest BCUT2D eigenvalue weighted by Crippen LogP contribution is -2.34. The van der Waals surface area contributed by atoms with Crippen molar-refractivity contribution < 1.29 is 0 Å². The van der Waals surface area contributed by atoms with Crippen molar-refractivity contribution in [1.29, 1.82) is 5.26 Å². The van der Waals surface area contributed by atoms with Crippen LogP contribution >= 0.6 is 0 Å². The van der Waals surface area contributed by atoms with E-state index >= 15 is 0 Å². The predicted molar refractivity (Wildman–Crippen MR) is 113 cm³/mol. The van der Waals surface area contributed by atoms with Crippen LogP contribution in [-0.2, 0) is 5.41 Å². The topological polar surface area (TPSA) is 107 Å². The molecule has 2 fully saturated rings. The molecule has 3 N–H and O–H groups in total. The van der Waals surface area contributed by atoms with E-state index in [2.05, 4.69) is 48.6 Å². The van der Waals surface area contributed by atoms with Crippen molar-refractivity contribution in [3.63, 3.8) is 0 Å². The van der Waals surface area contributed by atoms with Gasteiger partial charge >= 0.3 is 0 Å².